The molecule has 6 aromatic carbocycles. The molecule has 0 saturated heterocycles. The topological polar surface area (TPSA) is 0 Å². The molecule has 0 aliphatic rings. The highest BCUT2D eigenvalue weighted by molar-refractivity contribution is 6.11. The Morgan fingerprint density at radius 2 is 0.861 bits per heavy atom. The average molecular weight is 459 g/mol. The molecule has 36 heavy (non-hydrogen) atoms. The van der Waals surface area contributed by atoms with Crippen LogP contribution in [0.3, 0.4) is 0 Å². The Hall–Kier alpha value is -4.68. The minimum atomic E-state index is 1.11. The summed E-state index contributed by atoms with van der Waals surface area (Å²) < 4.78 is 0. The molecule has 0 aliphatic heterocycles. The summed E-state index contributed by atoms with van der Waals surface area (Å²) in [5, 5.41) is 4.95. The Labute approximate surface area is 212 Å². The summed E-state index contributed by atoms with van der Waals surface area (Å²) in [5.74, 6) is 0. The molecule has 0 atom stereocenters. The van der Waals surface area contributed by atoms with Gasteiger partial charge in [-0.15, -0.1) is 0 Å². The quantitative estimate of drug-likeness (QED) is 0.241. The maximum absolute atomic E-state index is 4.21. The third-order valence-corrected chi connectivity index (χ3v) is 7.02. The van der Waals surface area contributed by atoms with Crippen LogP contribution in [0.2, 0.25) is 0 Å². The molecule has 0 bridgehead atoms. The predicted octanol–water partition coefficient (Wildman–Crippen LogP) is 10.3. The highest BCUT2D eigenvalue weighted by atomic mass is 14.2. The smallest absolute Gasteiger partial charge is 0.00266 e. The summed E-state index contributed by atoms with van der Waals surface area (Å²) in [4.78, 5) is 0. The molecule has 0 saturated carbocycles. The van der Waals surface area contributed by atoms with Gasteiger partial charge in [0.15, 0.2) is 0 Å². The Morgan fingerprint density at radius 1 is 0.389 bits per heavy atom. The van der Waals surface area contributed by atoms with Crippen molar-refractivity contribution in [3.63, 3.8) is 0 Å². The normalized spacial score (nSPS) is 11.0. The second-order valence-corrected chi connectivity index (χ2v) is 9.04. The van der Waals surface area contributed by atoms with Gasteiger partial charge in [-0.2, -0.15) is 0 Å². The van der Waals surface area contributed by atoms with Crippen molar-refractivity contribution in [2.24, 2.45) is 0 Å². The molecule has 0 heteroatoms. The van der Waals surface area contributed by atoms with Gasteiger partial charge < -0.3 is 0 Å². The third kappa shape index (κ3) is 3.65. The molecular weight excluding hydrogens is 432 g/mol. The van der Waals surface area contributed by atoms with Crippen molar-refractivity contribution >= 4 is 33.7 Å². The highest BCUT2D eigenvalue weighted by Gasteiger charge is 2.18. The lowest BCUT2D eigenvalue weighted by atomic mass is 9.83. The molecule has 0 spiro atoms. The van der Waals surface area contributed by atoms with E-state index in [0.29, 0.717) is 0 Å². The Balaban J connectivity index is 1.55. The van der Waals surface area contributed by atoms with E-state index in [4.69, 9.17) is 0 Å². The maximum atomic E-state index is 4.21. The first-order chi connectivity index (χ1) is 17.8. The van der Waals surface area contributed by atoms with Crippen LogP contribution in [0.1, 0.15) is 11.1 Å². The summed E-state index contributed by atoms with van der Waals surface area (Å²) in [5.41, 5.74) is 9.41. The van der Waals surface area contributed by atoms with E-state index in [1.165, 1.54) is 54.9 Å². The summed E-state index contributed by atoms with van der Waals surface area (Å²) in [7, 11) is 0. The number of rotatable bonds is 5. The van der Waals surface area contributed by atoms with Crippen molar-refractivity contribution in [1.82, 2.24) is 0 Å². The Morgan fingerprint density at radius 3 is 1.47 bits per heavy atom. The Kier molecular flexibility index (Phi) is 5.56. The van der Waals surface area contributed by atoms with E-state index in [-0.39, 0.29) is 0 Å². The van der Waals surface area contributed by atoms with Crippen molar-refractivity contribution < 1.29 is 0 Å². The third-order valence-electron chi connectivity index (χ3n) is 7.02. The SMILES string of the molecule is C=Cc1c(C=C)c(-c2ccc(-c3ccc4ccccc4c3)cc2)c2ccccc2c1-c1ccccc1. The van der Waals surface area contributed by atoms with E-state index < -0.39 is 0 Å². The number of hydrogen-bond acceptors (Lipinski definition) is 0. The minimum Gasteiger partial charge on any atom is -0.0984 e. The first-order valence-corrected chi connectivity index (χ1v) is 12.3. The van der Waals surface area contributed by atoms with Crippen molar-refractivity contribution in [2.45, 2.75) is 0 Å². The molecule has 0 N–H and O–H groups in total. The maximum Gasteiger partial charge on any atom is -0.00266 e. The Bertz CT molecular complexity index is 1740. The van der Waals surface area contributed by atoms with Gasteiger partial charge in [-0.1, -0.05) is 141 Å². The first-order valence-electron chi connectivity index (χ1n) is 12.3. The van der Waals surface area contributed by atoms with Crippen LogP contribution >= 0.6 is 0 Å². The zero-order valence-electron chi connectivity index (χ0n) is 20.1. The second-order valence-electron chi connectivity index (χ2n) is 9.04. The molecule has 0 amide bonds. The van der Waals surface area contributed by atoms with E-state index in [0.717, 1.165) is 11.1 Å². The van der Waals surface area contributed by atoms with Crippen molar-refractivity contribution in [1.29, 1.82) is 0 Å². The molecule has 0 fully saturated rings. The highest BCUT2D eigenvalue weighted by Crippen LogP contribution is 2.43. The lowest BCUT2D eigenvalue weighted by Crippen LogP contribution is -1.96. The predicted molar refractivity (Wildman–Crippen MR) is 158 cm³/mol. The lowest BCUT2D eigenvalue weighted by Gasteiger charge is -2.20. The summed E-state index contributed by atoms with van der Waals surface area (Å²) in [6.07, 6.45) is 3.95. The monoisotopic (exact) mass is 458 g/mol. The lowest BCUT2D eigenvalue weighted by molar-refractivity contribution is 1.57. The van der Waals surface area contributed by atoms with Crippen LogP contribution in [0.4, 0.5) is 0 Å². The van der Waals surface area contributed by atoms with Crippen LogP contribution in [0.5, 0.6) is 0 Å². The molecule has 0 aliphatic carbocycles. The number of fused-ring (bicyclic) bond motifs is 2. The van der Waals surface area contributed by atoms with Gasteiger partial charge in [-0.3, -0.25) is 0 Å². The number of benzene rings is 6. The molecule has 0 heterocycles. The van der Waals surface area contributed by atoms with E-state index in [2.05, 4.69) is 134 Å². The van der Waals surface area contributed by atoms with E-state index >= 15 is 0 Å². The minimum absolute atomic E-state index is 1.11. The first kappa shape index (κ1) is 21.8. The van der Waals surface area contributed by atoms with Gasteiger partial charge in [0.2, 0.25) is 0 Å². The zero-order chi connectivity index (χ0) is 24.5. The summed E-state index contributed by atoms with van der Waals surface area (Å²) in [6.45, 7) is 8.41. The van der Waals surface area contributed by atoms with Crippen LogP contribution in [-0.4, -0.2) is 0 Å². The van der Waals surface area contributed by atoms with E-state index in [9.17, 15) is 0 Å². The molecule has 0 nitrogen and oxygen atoms in total. The van der Waals surface area contributed by atoms with Crippen molar-refractivity contribution in [3.8, 4) is 33.4 Å². The van der Waals surface area contributed by atoms with E-state index in [1.54, 1.807) is 0 Å². The molecule has 0 radical (unpaired) electrons. The van der Waals surface area contributed by atoms with Crippen molar-refractivity contribution in [2.75, 3.05) is 0 Å². The largest absolute Gasteiger partial charge is 0.0984 e. The van der Waals surface area contributed by atoms with Gasteiger partial charge in [0.25, 0.3) is 0 Å². The molecule has 6 aromatic rings. The molecule has 170 valence electrons. The standard InChI is InChI=1S/C36H26/c1-3-31-32(4-2)36(34-17-11-10-16-33(34)35(31)27-13-6-5-7-14-27)28-21-18-26(19-22-28)30-23-20-25-12-8-9-15-29(25)24-30/h3-24H,1-2H2. The fraction of sp³-hybridized carbons (Fsp3) is 0. The summed E-state index contributed by atoms with van der Waals surface area (Å²) in [6, 6.07) is 43.3. The fourth-order valence-electron chi connectivity index (χ4n) is 5.33. The van der Waals surface area contributed by atoms with Crippen LogP contribution in [0.15, 0.2) is 134 Å². The molecular formula is C36H26. The zero-order valence-corrected chi connectivity index (χ0v) is 20.1. The molecule has 0 unspecified atom stereocenters. The molecule has 0 aromatic heterocycles. The van der Waals surface area contributed by atoms with Gasteiger partial charge in [0.05, 0.1) is 0 Å². The fourth-order valence-corrected chi connectivity index (χ4v) is 5.33. The van der Waals surface area contributed by atoms with Crippen LogP contribution < -0.4 is 0 Å². The van der Waals surface area contributed by atoms with Crippen LogP contribution in [-0.2, 0) is 0 Å². The average Bonchev–Trinajstić information content (AvgIpc) is 2.96. The van der Waals surface area contributed by atoms with E-state index in [1.807, 2.05) is 12.2 Å². The van der Waals surface area contributed by atoms with Crippen molar-refractivity contribution in [3.05, 3.63) is 146 Å². The van der Waals surface area contributed by atoms with Gasteiger partial charge >= 0.3 is 0 Å². The van der Waals surface area contributed by atoms with Gasteiger partial charge in [0, 0.05) is 0 Å². The van der Waals surface area contributed by atoms with Gasteiger partial charge in [-0.25, -0.2) is 0 Å². The molecule has 6 rings (SSSR count). The van der Waals surface area contributed by atoms with Crippen LogP contribution in [0, 0.1) is 0 Å². The van der Waals surface area contributed by atoms with Gasteiger partial charge in [-0.05, 0) is 72.1 Å². The number of hydrogen-bond donors (Lipinski definition) is 0. The second kappa shape index (κ2) is 9.17. The summed E-state index contributed by atoms with van der Waals surface area (Å²) >= 11 is 0. The van der Waals surface area contributed by atoms with Crippen LogP contribution in [0.25, 0.3) is 67.1 Å². The van der Waals surface area contributed by atoms with Gasteiger partial charge in [0.1, 0.15) is 0 Å².